The first-order valence-corrected chi connectivity index (χ1v) is 7.64. The highest BCUT2D eigenvalue weighted by molar-refractivity contribution is 5.92. The number of anilines is 1. The minimum Gasteiger partial charge on any atom is -0.488 e. The Labute approximate surface area is 125 Å². The molecule has 1 saturated heterocycles. The lowest BCUT2D eigenvalue weighted by atomic mass is 10.2. The summed E-state index contributed by atoms with van der Waals surface area (Å²) in [5, 5.41) is 6.05. The molecule has 2 fully saturated rings. The molecule has 0 spiro atoms. The van der Waals surface area contributed by atoms with Crippen molar-refractivity contribution in [2.75, 3.05) is 31.6 Å². The SMILES string of the molecule is O=C(CNCC1CC1)Nc1ccc(OC2CCOC2)cc1. The molecule has 114 valence electrons. The van der Waals surface area contributed by atoms with Gasteiger partial charge < -0.3 is 20.1 Å². The van der Waals surface area contributed by atoms with E-state index >= 15 is 0 Å². The first-order chi connectivity index (χ1) is 10.3. The lowest BCUT2D eigenvalue weighted by Gasteiger charge is -2.12. The van der Waals surface area contributed by atoms with Crippen molar-refractivity contribution < 1.29 is 14.3 Å². The highest BCUT2D eigenvalue weighted by atomic mass is 16.5. The van der Waals surface area contributed by atoms with Crippen LogP contribution in [0, 0.1) is 5.92 Å². The number of hydrogen-bond acceptors (Lipinski definition) is 4. The fourth-order valence-electron chi connectivity index (χ4n) is 2.33. The fourth-order valence-corrected chi connectivity index (χ4v) is 2.33. The molecule has 0 bridgehead atoms. The van der Waals surface area contributed by atoms with Crippen LogP contribution >= 0.6 is 0 Å². The third-order valence-corrected chi connectivity index (χ3v) is 3.74. The standard InChI is InChI=1S/C16H22N2O3/c19-16(10-17-9-12-1-2-12)18-13-3-5-14(6-4-13)21-15-7-8-20-11-15/h3-6,12,15,17H,1-2,7-11H2,(H,18,19). The van der Waals surface area contributed by atoms with Crippen LogP contribution in [0.5, 0.6) is 5.75 Å². The lowest BCUT2D eigenvalue weighted by molar-refractivity contribution is -0.115. The van der Waals surface area contributed by atoms with E-state index in [0.29, 0.717) is 13.2 Å². The second-order valence-electron chi connectivity index (χ2n) is 5.75. The van der Waals surface area contributed by atoms with E-state index in [4.69, 9.17) is 9.47 Å². The summed E-state index contributed by atoms with van der Waals surface area (Å²) in [5.41, 5.74) is 0.795. The van der Waals surface area contributed by atoms with E-state index in [1.807, 2.05) is 24.3 Å². The molecule has 3 rings (SSSR count). The van der Waals surface area contributed by atoms with E-state index in [-0.39, 0.29) is 12.0 Å². The lowest BCUT2D eigenvalue weighted by Crippen LogP contribution is -2.29. The molecule has 1 amide bonds. The van der Waals surface area contributed by atoms with Gasteiger partial charge in [0, 0.05) is 12.1 Å². The van der Waals surface area contributed by atoms with Crippen LogP contribution < -0.4 is 15.4 Å². The zero-order chi connectivity index (χ0) is 14.5. The molecule has 1 aromatic carbocycles. The van der Waals surface area contributed by atoms with E-state index in [1.165, 1.54) is 12.8 Å². The van der Waals surface area contributed by atoms with Gasteiger partial charge in [0.1, 0.15) is 11.9 Å². The molecule has 2 N–H and O–H groups in total. The average Bonchev–Trinajstić information content (AvgIpc) is 3.16. The van der Waals surface area contributed by atoms with Crippen molar-refractivity contribution in [3.05, 3.63) is 24.3 Å². The third-order valence-electron chi connectivity index (χ3n) is 3.74. The van der Waals surface area contributed by atoms with Crippen LogP contribution in [0.4, 0.5) is 5.69 Å². The van der Waals surface area contributed by atoms with Crippen LogP contribution in [-0.4, -0.2) is 38.3 Å². The van der Waals surface area contributed by atoms with Crippen molar-refractivity contribution in [3.63, 3.8) is 0 Å². The van der Waals surface area contributed by atoms with E-state index in [9.17, 15) is 4.79 Å². The van der Waals surface area contributed by atoms with Crippen LogP contribution in [0.2, 0.25) is 0 Å². The number of rotatable bonds is 7. The highest BCUT2D eigenvalue weighted by Gasteiger charge is 2.20. The van der Waals surface area contributed by atoms with Gasteiger partial charge in [-0.3, -0.25) is 4.79 Å². The monoisotopic (exact) mass is 290 g/mol. The number of benzene rings is 1. The molecule has 1 aliphatic heterocycles. The van der Waals surface area contributed by atoms with E-state index in [1.54, 1.807) is 0 Å². The molecule has 1 saturated carbocycles. The molecule has 0 radical (unpaired) electrons. The van der Waals surface area contributed by atoms with Crippen molar-refractivity contribution in [2.45, 2.75) is 25.4 Å². The molecule has 0 aromatic heterocycles. The van der Waals surface area contributed by atoms with Crippen LogP contribution in [0.3, 0.4) is 0 Å². The quantitative estimate of drug-likeness (QED) is 0.804. The molecule has 2 aliphatic rings. The van der Waals surface area contributed by atoms with Crippen molar-refractivity contribution in [3.8, 4) is 5.75 Å². The fraction of sp³-hybridized carbons (Fsp3) is 0.562. The Morgan fingerprint density at radius 1 is 1.24 bits per heavy atom. The Morgan fingerprint density at radius 3 is 2.71 bits per heavy atom. The molecule has 1 atom stereocenters. The first kappa shape index (κ1) is 14.4. The Bertz CT molecular complexity index is 465. The molecule has 1 unspecified atom stereocenters. The van der Waals surface area contributed by atoms with Gasteiger partial charge in [-0.05, 0) is 49.6 Å². The number of ether oxygens (including phenoxy) is 2. The number of carbonyl (C=O) groups is 1. The maximum absolute atomic E-state index is 11.8. The van der Waals surface area contributed by atoms with Crippen LogP contribution in [0.25, 0.3) is 0 Å². The second kappa shape index (κ2) is 6.91. The summed E-state index contributed by atoms with van der Waals surface area (Å²) >= 11 is 0. The highest BCUT2D eigenvalue weighted by Crippen LogP contribution is 2.27. The summed E-state index contributed by atoms with van der Waals surface area (Å²) in [7, 11) is 0. The molecule has 1 aromatic rings. The predicted octanol–water partition coefficient (Wildman–Crippen LogP) is 1.79. The summed E-state index contributed by atoms with van der Waals surface area (Å²) < 4.78 is 11.1. The number of nitrogens with one attached hydrogen (secondary N) is 2. The molecule has 5 nitrogen and oxygen atoms in total. The molecule has 1 heterocycles. The zero-order valence-corrected chi connectivity index (χ0v) is 12.1. The van der Waals surface area contributed by atoms with Gasteiger partial charge in [0.15, 0.2) is 0 Å². The van der Waals surface area contributed by atoms with Crippen LogP contribution in [0.1, 0.15) is 19.3 Å². The number of hydrogen-bond donors (Lipinski definition) is 2. The van der Waals surface area contributed by atoms with Gasteiger partial charge in [-0.15, -0.1) is 0 Å². The topological polar surface area (TPSA) is 59.6 Å². The summed E-state index contributed by atoms with van der Waals surface area (Å²) in [6, 6.07) is 7.49. The molecule has 1 aliphatic carbocycles. The molecule has 21 heavy (non-hydrogen) atoms. The number of amides is 1. The Morgan fingerprint density at radius 2 is 2.05 bits per heavy atom. The van der Waals surface area contributed by atoms with Gasteiger partial charge in [0.2, 0.25) is 5.91 Å². The summed E-state index contributed by atoms with van der Waals surface area (Å²) in [6.07, 6.45) is 3.67. The summed E-state index contributed by atoms with van der Waals surface area (Å²) in [5.74, 6) is 1.60. The average molecular weight is 290 g/mol. The maximum Gasteiger partial charge on any atom is 0.238 e. The van der Waals surface area contributed by atoms with E-state index < -0.39 is 0 Å². The maximum atomic E-state index is 11.8. The van der Waals surface area contributed by atoms with Crippen molar-refractivity contribution in [2.24, 2.45) is 5.92 Å². The minimum absolute atomic E-state index is 0.00601. The zero-order valence-electron chi connectivity index (χ0n) is 12.1. The van der Waals surface area contributed by atoms with Crippen molar-refractivity contribution in [1.82, 2.24) is 5.32 Å². The molecule has 5 heteroatoms. The van der Waals surface area contributed by atoms with Gasteiger partial charge in [-0.25, -0.2) is 0 Å². The van der Waals surface area contributed by atoms with Crippen molar-refractivity contribution in [1.29, 1.82) is 0 Å². The van der Waals surface area contributed by atoms with Gasteiger partial charge in [-0.1, -0.05) is 0 Å². The normalized spacial score (nSPS) is 21.2. The minimum atomic E-state index is -0.00601. The van der Waals surface area contributed by atoms with Crippen LogP contribution in [0.15, 0.2) is 24.3 Å². The van der Waals surface area contributed by atoms with Gasteiger partial charge in [0.25, 0.3) is 0 Å². The van der Waals surface area contributed by atoms with Gasteiger partial charge in [0.05, 0.1) is 19.8 Å². The van der Waals surface area contributed by atoms with Gasteiger partial charge in [-0.2, -0.15) is 0 Å². The first-order valence-electron chi connectivity index (χ1n) is 7.64. The summed E-state index contributed by atoms with van der Waals surface area (Å²) in [6.45, 7) is 2.75. The van der Waals surface area contributed by atoms with Crippen molar-refractivity contribution >= 4 is 11.6 Å². The van der Waals surface area contributed by atoms with Crippen LogP contribution in [-0.2, 0) is 9.53 Å². The molecular weight excluding hydrogens is 268 g/mol. The smallest absolute Gasteiger partial charge is 0.238 e. The predicted molar refractivity (Wildman–Crippen MR) is 80.5 cm³/mol. The second-order valence-corrected chi connectivity index (χ2v) is 5.75. The number of carbonyl (C=O) groups excluding carboxylic acids is 1. The Hall–Kier alpha value is -1.59. The third kappa shape index (κ3) is 4.72. The van der Waals surface area contributed by atoms with E-state index in [0.717, 1.165) is 36.9 Å². The summed E-state index contributed by atoms with van der Waals surface area (Å²) in [4.78, 5) is 11.8. The van der Waals surface area contributed by atoms with E-state index in [2.05, 4.69) is 10.6 Å². The Kier molecular flexibility index (Phi) is 4.72. The largest absolute Gasteiger partial charge is 0.488 e. The Balaban J connectivity index is 1.41. The molecular formula is C16H22N2O3. The van der Waals surface area contributed by atoms with Gasteiger partial charge >= 0.3 is 0 Å².